The van der Waals surface area contributed by atoms with E-state index in [2.05, 4.69) is 23.8 Å². The summed E-state index contributed by atoms with van der Waals surface area (Å²) in [5, 5.41) is 0. The van der Waals surface area contributed by atoms with Gasteiger partial charge in [-0.3, -0.25) is 4.79 Å². The Morgan fingerprint density at radius 1 is 1.24 bits per heavy atom. The third kappa shape index (κ3) is 14.7. The molecule has 0 heterocycles. The van der Waals surface area contributed by atoms with E-state index in [1.807, 2.05) is 32.0 Å². The molecule has 0 unspecified atom stereocenters. The molecule has 2 N–H and O–H groups in total. The third-order valence-corrected chi connectivity index (χ3v) is 1.47. The molecular weight excluding hydrogens is 214 g/mol. The van der Waals surface area contributed by atoms with Crippen LogP contribution in [0, 0.1) is 6.92 Å². The number of esters is 1. The van der Waals surface area contributed by atoms with Gasteiger partial charge in [-0.1, -0.05) is 49.7 Å². The summed E-state index contributed by atoms with van der Waals surface area (Å²) in [7, 11) is 0. The Morgan fingerprint density at radius 2 is 1.71 bits per heavy atom. The van der Waals surface area contributed by atoms with Gasteiger partial charge in [0.05, 0.1) is 12.6 Å². The van der Waals surface area contributed by atoms with Crippen LogP contribution in [0.25, 0.3) is 0 Å². The molecule has 0 fully saturated rings. The Hall–Kier alpha value is -1.35. The van der Waals surface area contributed by atoms with E-state index in [1.54, 1.807) is 13.8 Å². The number of hydrogen-bond donors (Lipinski definition) is 1. The van der Waals surface area contributed by atoms with Crippen LogP contribution in [0.15, 0.2) is 30.3 Å². The van der Waals surface area contributed by atoms with Gasteiger partial charge >= 0.3 is 5.97 Å². The number of carbonyl (C=O) groups is 1. The molecule has 0 aliphatic rings. The van der Waals surface area contributed by atoms with Crippen molar-refractivity contribution in [2.24, 2.45) is 5.73 Å². The highest BCUT2D eigenvalue weighted by molar-refractivity contribution is 5.71. The van der Waals surface area contributed by atoms with Crippen LogP contribution in [-0.4, -0.2) is 18.6 Å². The molecule has 0 aliphatic carbocycles. The predicted molar refractivity (Wildman–Crippen MR) is 72.8 cm³/mol. The number of rotatable bonds is 2. The van der Waals surface area contributed by atoms with Gasteiger partial charge in [-0.25, -0.2) is 0 Å². The van der Waals surface area contributed by atoms with Gasteiger partial charge in [-0.15, -0.1) is 0 Å². The minimum absolute atomic E-state index is 0.0296. The number of nitrogens with two attached hydrogens (primary N) is 1. The van der Waals surface area contributed by atoms with Crippen LogP contribution in [0.5, 0.6) is 0 Å². The number of hydrogen-bond acceptors (Lipinski definition) is 3. The number of ether oxygens (including phenoxy) is 1. The fourth-order valence-electron chi connectivity index (χ4n) is 0.845. The van der Waals surface area contributed by atoms with Crippen molar-refractivity contribution >= 4 is 5.97 Å². The summed E-state index contributed by atoms with van der Waals surface area (Å²) < 4.78 is 4.64. The minimum atomic E-state index is -0.347. The first-order chi connectivity index (χ1) is 8.06. The molecule has 1 rings (SSSR count). The SMILES string of the molecule is CC.CC(C)OC(=O)CN.Cc1ccccc1. The molecule has 1 aromatic rings. The molecular formula is C14H25NO2. The standard InChI is InChI=1S/C7H8.C5H11NO2.C2H6/c1-7-5-3-2-4-6-7;1-4(2)8-5(7)3-6;1-2/h2-6H,1H3;4H,3,6H2,1-2H3;1-2H3. The smallest absolute Gasteiger partial charge is 0.319 e. The molecule has 0 atom stereocenters. The van der Waals surface area contributed by atoms with E-state index in [1.165, 1.54) is 5.56 Å². The molecule has 3 heteroatoms. The highest BCUT2D eigenvalue weighted by Crippen LogP contribution is 1.92. The lowest BCUT2D eigenvalue weighted by Gasteiger charge is -2.04. The highest BCUT2D eigenvalue weighted by atomic mass is 16.5. The highest BCUT2D eigenvalue weighted by Gasteiger charge is 1.99. The maximum Gasteiger partial charge on any atom is 0.319 e. The fourth-order valence-corrected chi connectivity index (χ4v) is 0.845. The molecule has 0 spiro atoms. The Balaban J connectivity index is 0. The van der Waals surface area contributed by atoms with Crippen LogP contribution in [0.3, 0.4) is 0 Å². The van der Waals surface area contributed by atoms with Gasteiger partial charge in [0.25, 0.3) is 0 Å². The average Bonchev–Trinajstić information content (AvgIpc) is 2.32. The molecule has 1 aromatic carbocycles. The first-order valence-electron chi connectivity index (χ1n) is 5.97. The van der Waals surface area contributed by atoms with E-state index in [9.17, 15) is 4.79 Å². The van der Waals surface area contributed by atoms with E-state index in [4.69, 9.17) is 5.73 Å². The third-order valence-electron chi connectivity index (χ3n) is 1.47. The number of carbonyl (C=O) groups excluding carboxylic acids is 1. The van der Waals surface area contributed by atoms with Crippen LogP contribution < -0.4 is 5.73 Å². The van der Waals surface area contributed by atoms with E-state index in [0.717, 1.165) is 0 Å². The lowest BCUT2D eigenvalue weighted by atomic mass is 10.2. The zero-order valence-corrected chi connectivity index (χ0v) is 11.6. The summed E-state index contributed by atoms with van der Waals surface area (Å²) in [5.41, 5.74) is 6.27. The van der Waals surface area contributed by atoms with Crippen molar-refractivity contribution in [2.45, 2.75) is 40.7 Å². The van der Waals surface area contributed by atoms with Crippen molar-refractivity contribution in [1.82, 2.24) is 0 Å². The molecule has 17 heavy (non-hydrogen) atoms. The van der Waals surface area contributed by atoms with Gasteiger partial charge in [0.15, 0.2) is 0 Å². The molecule has 0 amide bonds. The Bertz CT molecular complexity index is 271. The minimum Gasteiger partial charge on any atom is -0.462 e. The molecule has 0 bridgehead atoms. The van der Waals surface area contributed by atoms with Gasteiger partial charge in [0, 0.05) is 0 Å². The molecule has 0 saturated carbocycles. The summed E-state index contributed by atoms with van der Waals surface area (Å²) in [6.45, 7) is 9.62. The second kappa shape index (κ2) is 12.7. The summed E-state index contributed by atoms with van der Waals surface area (Å²) in [5.74, 6) is -0.347. The molecule has 0 aliphatic heterocycles. The quantitative estimate of drug-likeness (QED) is 0.807. The van der Waals surface area contributed by atoms with Crippen LogP contribution in [0.2, 0.25) is 0 Å². The molecule has 0 saturated heterocycles. The Kier molecular flexibility index (Phi) is 13.5. The van der Waals surface area contributed by atoms with Crippen molar-refractivity contribution in [3.63, 3.8) is 0 Å². The first-order valence-corrected chi connectivity index (χ1v) is 5.97. The van der Waals surface area contributed by atoms with Gasteiger partial charge < -0.3 is 10.5 Å². The van der Waals surface area contributed by atoms with Crippen molar-refractivity contribution in [3.05, 3.63) is 35.9 Å². The summed E-state index contributed by atoms with van der Waals surface area (Å²) in [6.07, 6.45) is -0.0500. The van der Waals surface area contributed by atoms with E-state index >= 15 is 0 Å². The molecule has 3 nitrogen and oxygen atoms in total. The number of aryl methyl sites for hydroxylation is 1. The van der Waals surface area contributed by atoms with Gasteiger partial charge in [-0.05, 0) is 20.8 Å². The summed E-state index contributed by atoms with van der Waals surface area (Å²) in [4.78, 5) is 10.3. The van der Waals surface area contributed by atoms with Crippen LogP contribution >= 0.6 is 0 Å². The molecule has 0 aromatic heterocycles. The zero-order chi connectivity index (χ0) is 13.7. The van der Waals surface area contributed by atoms with Crippen LogP contribution in [-0.2, 0) is 9.53 Å². The normalized spacial score (nSPS) is 8.41. The Morgan fingerprint density at radius 3 is 1.88 bits per heavy atom. The van der Waals surface area contributed by atoms with Crippen molar-refractivity contribution in [2.75, 3.05) is 6.54 Å². The second-order valence-corrected chi connectivity index (χ2v) is 3.40. The number of benzene rings is 1. The van der Waals surface area contributed by atoms with Gasteiger partial charge in [0.1, 0.15) is 0 Å². The average molecular weight is 239 g/mol. The maximum atomic E-state index is 10.3. The summed E-state index contributed by atoms with van der Waals surface area (Å²) >= 11 is 0. The topological polar surface area (TPSA) is 52.3 Å². The van der Waals surface area contributed by atoms with E-state index < -0.39 is 0 Å². The largest absolute Gasteiger partial charge is 0.462 e. The van der Waals surface area contributed by atoms with Crippen LogP contribution in [0.4, 0.5) is 0 Å². The fraction of sp³-hybridized carbons (Fsp3) is 0.500. The van der Waals surface area contributed by atoms with Crippen molar-refractivity contribution in [1.29, 1.82) is 0 Å². The maximum absolute atomic E-state index is 10.3. The summed E-state index contributed by atoms with van der Waals surface area (Å²) in [6, 6.07) is 10.3. The van der Waals surface area contributed by atoms with Crippen molar-refractivity contribution < 1.29 is 9.53 Å². The van der Waals surface area contributed by atoms with E-state index in [-0.39, 0.29) is 18.6 Å². The molecule has 0 radical (unpaired) electrons. The second-order valence-electron chi connectivity index (χ2n) is 3.40. The lowest BCUT2D eigenvalue weighted by molar-refractivity contribution is -0.145. The van der Waals surface area contributed by atoms with Crippen molar-refractivity contribution in [3.8, 4) is 0 Å². The lowest BCUT2D eigenvalue weighted by Crippen LogP contribution is -2.20. The molecule has 98 valence electrons. The predicted octanol–water partition coefficient (Wildman–Crippen LogP) is 2.92. The zero-order valence-electron chi connectivity index (χ0n) is 11.6. The monoisotopic (exact) mass is 239 g/mol. The first kappa shape index (κ1) is 18.0. The van der Waals surface area contributed by atoms with Gasteiger partial charge in [-0.2, -0.15) is 0 Å². The van der Waals surface area contributed by atoms with Gasteiger partial charge in [0.2, 0.25) is 0 Å². The Labute approximate surface area is 105 Å². The van der Waals surface area contributed by atoms with E-state index in [0.29, 0.717) is 0 Å². The van der Waals surface area contributed by atoms with Crippen LogP contribution in [0.1, 0.15) is 33.3 Å².